The second-order valence-electron chi connectivity index (χ2n) is 7.33. The summed E-state index contributed by atoms with van der Waals surface area (Å²) in [6, 6.07) is 14.9. The first-order valence-electron chi connectivity index (χ1n) is 9.56. The van der Waals surface area contributed by atoms with Gasteiger partial charge in [-0.15, -0.1) is 0 Å². The summed E-state index contributed by atoms with van der Waals surface area (Å²) in [6.07, 6.45) is 2.96. The van der Waals surface area contributed by atoms with Crippen LogP contribution in [0.1, 0.15) is 34.0 Å². The first kappa shape index (κ1) is 19.7. The van der Waals surface area contributed by atoms with Crippen molar-refractivity contribution in [3.63, 3.8) is 0 Å². The van der Waals surface area contributed by atoms with Gasteiger partial charge < -0.3 is 18.8 Å². The van der Waals surface area contributed by atoms with Crippen LogP contribution in [0, 0.1) is 0 Å². The number of ketones is 1. The molecule has 3 aromatic rings. The second kappa shape index (κ2) is 8.04. The summed E-state index contributed by atoms with van der Waals surface area (Å²) in [7, 11) is 3.76. The van der Waals surface area contributed by atoms with Crippen LogP contribution in [-0.4, -0.2) is 47.2 Å². The summed E-state index contributed by atoms with van der Waals surface area (Å²) < 4.78 is 10.8. The van der Waals surface area contributed by atoms with Gasteiger partial charge in [-0.2, -0.15) is 0 Å². The van der Waals surface area contributed by atoms with Crippen LogP contribution in [0.15, 0.2) is 87.3 Å². The highest BCUT2D eigenvalue weighted by molar-refractivity contribution is 6.15. The van der Waals surface area contributed by atoms with Crippen LogP contribution >= 0.6 is 0 Å². The van der Waals surface area contributed by atoms with E-state index in [9.17, 15) is 14.7 Å². The number of benzene rings is 1. The van der Waals surface area contributed by atoms with E-state index in [0.717, 1.165) is 5.56 Å². The maximum atomic E-state index is 13.1. The Morgan fingerprint density at radius 3 is 2.37 bits per heavy atom. The molecular weight excluding hydrogens is 384 g/mol. The lowest BCUT2D eigenvalue weighted by atomic mass is 9.95. The molecule has 0 radical (unpaired) electrons. The first-order chi connectivity index (χ1) is 14.5. The van der Waals surface area contributed by atoms with Gasteiger partial charge in [0.25, 0.3) is 5.91 Å². The summed E-state index contributed by atoms with van der Waals surface area (Å²) in [5.74, 6) is -0.909. The number of hydrogen-bond acceptors (Lipinski definition) is 6. The minimum absolute atomic E-state index is 0.0121. The molecule has 1 aliphatic heterocycles. The van der Waals surface area contributed by atoms with E-state index in [1.54, 1.807) is 18.4 Å². The van der Waals surface area contributed by atoms with Crippen molar-refractivity contribution in [2.24, 2.45) is 0 Å². The van der Waals surface area contributed by atoms with Gasteiger partial charge in [0, 0.05) is 6.54 Å². The maximum Gasteiger partial charge on any atom is 0.290 e. The van der Waals surface area contributed by atoms with Crippen molar-refractivity contribution in [2.45, 2.75) is 12.1 Å². The van der Waals surface area contributed by atoms with Crippen LogP contribution in [0.4, 0.5) is 0 Å². The Balaban J connectivity index is 1.77. The highest BCUT2D eigenvalue weighted by Gasteiger charge is 2.45. The molecule has 0 saturated heterocycles. The number of Topliss-reactive ketones (excluding diaryl/α,β-unsaturated/α-hetero) is 1. The van der Waals surface area contributed by atoms with Gasteiger partial charge in [-0.25, -0.2) is 0 Å². The van der Waals surface area contributed by atoms with Gasteiger partial charge in [-0.3, -0.25) is 14.5 Å². The highest BCUT2D eigenvalue weighted by Crippen LogP contribution is 2.40. The molecule has 3 heterocycles. The molecule has 2 aromatic heterocycles. The number of hydrogen-bond donors (Lipinski definition) is 1. The highest BCUT2D eigenvalue weighted by atomic mass is 16.3. The summed E-state index contributed by atoms with van der Waals surface area (Å²) in [5, 5.41) is 10.7. The van der Waals surface area contributed by atoms with Crippen LogP contribution in [0.2, 0.25) is 0 Å². The van der Waals surface area contributed by atoms with Crippen LogP contribution < -0.4 is 0 Å². The quantitative estimate of drug-likeness (QED) is 0.601. The average Bonchev–Trinajstić information content (AvgIpc) is 3.49. The average molecular weight is 406 g/mol. The van der Waals surface area contributed by atoms with Crippen LogP contribution in [0.5, 0.6) is 0 Å². The van der Waals surface area contributed by atoms with Gasteiger partial charge in [0.1, 0.15) is 5.76 Å². The Morgan fingerprint density at radius 2 is 1.77 bits per heavy atom. The minimum Gasteiger partial charge on any atom is -0.503 e. The number of carbonyl (C=O) groups is 2. The Morgan fingerprint density at radius 1 is 1.07 bits per heavy atom. The van der Waals surface area contributed by atoms with Gasteiger partial charge in [-0.1, -0.05) is 30.3 Å². The lowest BCUT2D eigenvalue weighted by molar-refractivity contribution is -0.130. The monoisotopic (exact) mass is 406 g/mol. The topological polar surface area (TPSA) is 87.1 Å². The fraction of sp³-hybridized carbons (Fsp3) is 0.217. The maximum absolute atomic E-state index is 13.1. The standard InChI is InChI=1S/C23H22N2O5/c1-24(2)16(17-10-6-12-29-17)14-25-20(15-8-4-3-5-9-15)19(22(27)23(25)28)21(26)18-11-7-13-30-18/h3-13,16,20,27H,14H2,1-2H3. The van der Waals surface area contributed by atoms with E-state index in [2.05, 4.69) is 0 Å². The van der Waals surface area contributed by atoms with E-state index in [1.807, 2.05) is 55.4 Å². The number of likely N-dealkylation sites (N-methyl/N-ethyl adjacent to an activating group) is 1. The molecule has 2 atom stereocenters. The molecule has 7 heteroatoms. The zero-order chi connectivity index (χ0) is 21.3. The molecule has 4 rings (SSSR count). The molecule has 2 unspecified atom stereocenters. The number of aliphatic hydroxyl groups excluding tert-OH is 1. The van der Waals surface area contributed by atoms with Gasteiger partial charge in [0.05, 0.1) is 30.2 Å². The molecule has 1 N–H and O–H groups in total. The van der Waals surface area contributed by atoms with E-state index in [1.165, 1.54) is 17.2 Å². The lowest BCUT2D eigenvalue weighted by Crippen LogP contribution is -2.38. The fourth-order valence-corrected chi connectivity index (χ4v) is 3.77. The Hall–Kier alpha value is -3.58. The minimum atomic E-state index is -0.742. The van der Waals surface area contributed by atoms with E-state index in [4.69, 9.17) is 8.83 Å². The van der Waals surface area contributed by atoms with Crippen molar-refractivity contribution >= 4 is 11.7 Å². The molecule has 7 nitrogen and oxygen atoms in total. The predicted octanol–water partition coefficient (Wildman–Crippen LogP) is 3.75. The number of amides is 1. The predicted molar refractivity (Wildman–Crippen MR) is 109 cm³/mol. The third-order valence-electron chi connectivity index (χ3n) is 5.27. The van der Waals surface area contributed by atoms with Gasteiger partial charge >= 0.3 is 0 Å². The Bertz CT molecular complexity index is 1050. The molecular formula is C23H22N2O5. The Labute approximate surface area is 173 Å². The molecule has 0 saturated carbocycles. The molecule has 0 aliphatic carbocycles. The second-order valence-corrected chi connectivity index (χ2v) is 7.33. The molecule has 0 fully saturated rings. The molecule has 1 amide bonds. The summed E-state index contributed by atoms with van der Waals surface area (Å²) in [6.45, 7) is 0.220. The van der Waals surface area contributed by atoms with Crippen LogP contribution in [0.25, 0.3) is 0 Å². The molecule has 30 heavy (non-hydrogen) atoms. The van der Waals surface area contributed by atoms with Crippen molar-refractivity contribution in [2.75, 3.05) is 20.6 Å². The van der Waals surface area contributed by atoms with Gasteiger partial charge in [0.2, 0.25) is 5.78 Å². The smallest absolute Gasteiger partial charge is 0.290 e. The largest absolute Gasteiger partial charge is 0.503 e. The fourth-order valence-electron chi connectivity index (χ4n) is 3.77. The summed E-state index contributed by atoms with van der Waals surface area (Å²) in [4.78, 5) is 29.6. The molecule has 1 aromatic carbocycles. The molecule has 154 valence electrons. The number of aliphatic hydroxyl groups is 1. The van der Waals surface area contributed by atoms with Crippen molar-refractivity contribution in [1.29, 1.82) is 0 Å². The lowest BCUT2D eigenvalue weighted by Gasteiger charge is -2.32. The van der Waals surface area contributed by atoms with E-state index < -0.39 is 23.5 Å². The van der Waals surface area contributed by atoms with Crippen molar-refractivity contribution in [3.8, 4) is 0 Å². The zero-order valence-corrected chi connectivity index (χ0v) is 16.7. The third-order valence-corrected chi connectivity index (χ3v) is 5.27. The number of carbonyl (C=O) groups excluding carboxylic acids is 2. The number of nitrogens with zero attached hydrogens (tertiary/aromatic N) is 2. The van der Waals surface area contributed by atoms with Crippen molar-refractivity contribution in [1.82, 2.24) is 9.80 Å². The SMILES string of the molecule is CN(C)C(CN1C(=O)C(O)=C(C(=O)c2ccco2)C1c1ccccc1)c1ccco1. The zero-order valence-electron chi connectivity index (χ0n) is 16.7. The summed E-state index contributed by atoms with van der Waals surface area (Å²) in [5.41, 5.74) is 0.736. The van der Waals surface area contributed by atoms with E-state index >= 15 is 0 Å². The summed E-state index contributed by atoms with van der Waals surface area (Å²) >= 11 is 0. The number of rotatable bonds is 7. The third kappa shape index (κ3) is 3.44. The van der Waals surface area contributed by atoms with Crippen LogP contribution in [0.3, 0.4) is 0 Å². The van der Waals surface area contributed by atoms with Gasteiger partial charge in [-0.05, 0) is 43.9 Å². The normalized spacial score (nSPS) is 17.8. The van der Waals surface area contributed by atoms with Gasteiger partial charge in [0.15, 0.2) is 11.5 Å². The molecule has 0 spiro atoms. The van der Waals surface area contributed by atoms with Crippen molar-refractivity contribution < 1.29 is 23.5 Å². The Kier molecular flexibility index (Phi) is 5.29. The first-order valence-corrected chi connectivity index (χ1v) is 9.56. The van der Waals surface area contributed by atoms with Crippen molar-refractivity contribution in [3.05, 3.63) is 95.5 Å². The van der Waals surface area contributed by atoms with E-state index in [0.29, 0.717) is 5.76 Å². The number of furan rings is 2. The van der Waals surface area contributed by atoms with E-state index in [-0.39, 0.29) is 23.9 Å². The molecule has 0 bridgehead atoms. The van der Waals surface area contributed by atoms with Crippen LogP contribution in [-0.2, 0) is 4.79 Å². The molecule has 1 aliphatic rings.